The second-order valence-corrected chi connectivity index (χ2v) is 16.8. The van der Waals surface area contributed by atoms with Crippen molar-refractivity contribution in [1.29, 1.82) is 5.26 Å². The fourth-order valence-electron chi connectivity index (χ4n) is 6.83. The van der Waals surface area contributed by atoms with Crippen LogP contribution in [0.2, 0.25) is 5.02 Å². The molecule has 0 unspecified atom stereocenters. The Hall–Kier alpha value is -5.72. The minimum Gasteiger partial charge on any atom is -0.376 e. The zero-order valence-electron chi connectivity index (χ0n) is 30.8. The topological polar surface area (TPSA) is 157 Å². The zero-order valence-corrected chi connectivity index (χ0v) is 33.2. The lowest BCUT2D eigenvalue weighted by atomic mass is 9.99. The number of halogens is 1. The molecule has 0 amide bonds. The summed E-state index contributed by atoms with van der Waals surface area (Å²) in [7, 11) is -4.30. The SMILES string of the molecule is N#CCC[C@H](CSc1ccccc1)Nc1ccc(S(=O)(=O)Nc2ncnc3cc(N4CCN(Cc5cc(Cl)ccc5-c5ccccc5)CC4)ccc23)cc1[N+](=O)[O-]. The van der Waals surface area contributed by atoms with E-state index in [2.05, 4.69) is 54.1 Å². The number of nitro benzene ring substituents is 1. The Morgan fingerprint density at radius 3 is 2.40 bits per heavy atom. The van der Waals surface area contributed by atoms with E-state index in [4.69, 9.17) is 11.6 Å². The van der Waals surface area contributed by atoms with Crippen molar-refractivity contribution in [2.24, 2.45) is 0 Å². The van der Waals surface area contributed by atoms with E-state index in [0.717, 1.165) is 54.9 Å². The largest absolute Gasteiger partial charge is 0.376 e. The molecule has 1 aromatic heterocycles. The van der Waals surface area contributed by atoms with Crippen molar-refractivity contribution in [3.8, 4) is 17.2 Å². The molecule has 0 saturated carbocycles. The molecule has 2 heterocycles. The number of hydrogen-bond acceptors (Lipinski definition) is 11. The number of nitrogens with one attached hydrogen (secondary N) is 2. The molecule has 1 fully saturated rings. The number of hydrogen-bond donors (Lipinski definition) is 2. The third-order valence-corrected chi connectivity index (χ3v) is 12.5. The number of aromatic nitrogens is 2. The lowest BCUT2D eigenvalue weighted by Gasteiger charge is -2.36. The Bertz CT molecular complexity index is 2520. The number of fused-ring (bicyclic) bond motifs is 1. The Labute approximate surface area is 340 Å². The van der Waals surface area contributed by atoms with Crippen molar-refractivity contribution in [2.45, 2.75) is 35.2 Å². The number of thioether (sulfide) groups is 1. The van der Waals surface area contributed by atoms with Gasteiger partial charge < -0.3 is 10.2 Å². The van der Waals surface area contributed by atoms with Gasteiger partial charge in [0.15, 0.2) is 5.82 Å². The van der Waals surface area contributed by atoms with Crippen LogP contribution in [-0.4, -0.2) is 66.2 Å². The van der Waals surface area contributed by atoms with Crippen LogP contribution in [0.1, 0.15) is 18.4 Å². The highest BCUT2D eigenvalue weighted by Gasteiger charge is 2.25. The van der Waals surface area contributed by atoms with Crippen molar-refractivity contribution < 1.29 is 13.3 Å². The third kappa shape index (κ3) is 9.81. The summed E-state index contributed by atoms with van der Waals surface area (Å²) in [6, 6.07) is 37.3. The van der Waals surface area contributed by atoms with E-state index in [-0.39, 0.29) is 28.9 Å². The number of nitriles is 1. The molecule has 1 atom stereocenters. The molecule has 15 heteroatoms. The van der Waals surface area contributed by atoms with Crippen LogP contribution in [0.5, 0.6) is 0 Å². The van der Waals surface area contributed by atoms with E-state index in [1.54, 1.807) is 17.8 Å². The summed E-state index contributed by atoms with van der Waals surface area (Å²) >= 11 is 7.98. The number of nitrogens with zero attached hydrogens (tertiary/aromatic N) is 6. The van der Waals surface area contributed by atoms with Crippen molar-refractivity contribution >= 4 is 67.2 Å². The van der Waals surface area contributed by atoms with Gasteiger partial charge in [-0.2, -0.15) is 5.26 Å². The molecule has 57 heavy (non-hydrogen) atoms. The zero-order chi connectivity index (χ0) is 39.8. The lowest BCUT2D eigenvalue weighted by Crippen LogP contribution is -2.46. The summed E-state index contributed by atoms with van der Waals surface area (Å²) in [4.78, 5) is 25.7. The van der Waals surface area contributed by atoms with E-state index in [1.807, 2.05) is 72.8 Å². The van der Waals surface area contributed by atoms with E-state index in [9.17, 15) is 23.8 Å². The molecule has 5 aromatic carbocycles. The van der Waals surface area contributed by atoms with Crippen molar-refractivity contribution in [1.82, 2.24) is 14.9 Å². The summed E-state index contributed by atoms with van der Waals surface area (Å²) in [6.45, 7) is 4.01. The third-order valence-electron chi connectivity index (χ3n) is 9.77. The van der Waals surface area contributed by atoms with Gasteiger partial charge in [0.05, 0.1) is 21.4 Å². The second-order valence-electron chi connectivity index (χ2n) is 13.6. The predicted octanol–water partition coefficient (Wildman–Crippen LogP) is 8.86. The summed E-state index contributed by atoms with van der Waals surface area (Å²) in [6.07, 6.45) is 2.00. The molecule has 0 spiro atoms. The number of piperazine rings is 1. The Morgan fingerprint density at radius 1 is 0.912 bits per heavy atom. The normalized spacial score (nSPS) is 13.9. The van der Waals surface area contributed by atoms with Gasteiger partial charge in [-0.15, -0.1) is 11.8 Å². The fraction of sp³-hybridized carbons (Fsp3) is 0.214. The first kappa shape index (κ1) is 39.5. The van der Waals surface area contributed by atoms with Gasteiger partial charge in [0.1, 0.15) is 12.0 Å². The van der Waals surface area contributed by atoms with Crippen molar-refractivity contribution in [2.75, 3.05) is 46.9 Å². The molecule has 0 bridgehead atoms. The predicted molar refractivity (Wildman–Crippen MR) is 227 cm³/mol. The number of sulfonamides is 1. The quantitative estimate of drug-likeness (QED) is 0.0580. The first-order chi connectivity index (χ1) is 27.7. The maximum Gasteiger partial charge on any atom is 0.293 e. The molecular formula is C42H39ClN8O4S2. The van der Waals surface area contributed by atoms with Gasteiger partial charge in [0.2, 0.25) is 0 Å². The highest BCUT2D eigenvalue weighted by atomic mass is 35.5. The Kier molecular flexibility index (Phi) is 12.5. The van der Waals surface area contributed by atoms with Gasteiger partial charge in [0, 0.05) is 78.0 Å². The van der Waals surface area contributed by atoms with Crippen LogP contribution >= 0.6 is 23.4 Å². The fourth-order valence-corrected chi connectivity index (χ4v) is 9.07. The average Bonchev–Trinajstić information content (AvgIpc) is 3.22. The van der Waals surface area contributed by atoms with Crippen LogP contribution in [0.3, 0.4) is 0 Å². The smallest absolute Gasteiger partial charge is 0.293 e. The highest BCUT2D eigenvalue weighted by Crippen LogP contribution is 2.33. The summed E-state index contributed by atoms with van der Waals surface area (Å²) in [5.74, 6) is 0.606. The number of nitro groups is 1. The van der Waals surface area contributed by atoms with Crippen LogP contribution in [0.4, 0.5) is 22.9 Å². The van der Waals surface area contributed by atoms with Gasteiger partial charge in [-0.25, -0.2) is 18.4 Å². The highest BCUT2D eigenvalue weighted by molar-refractivity contribution is 7.99. The minimum absolute atomic E-state index is 0.0615. The number of anilines is 3. The van der Waals surface area contributed by atoms with Crippen molar-refractivity contribution in [3.63, 3.8) is 0 Å². The molecular weight excluding hydrogens is 780 g/mol. The van der Waals surface area contributed by atoms with E-state index >= 15 is 0 Å². The minimum atomic E-state index is -4.30. The first-order valence-corrected chi connectivity index (χ1v) is 21.2. The van der Waals surface area contributed by atoms with Crippen LogP contribution in [0, 0.1) is 21.4 Å². The molecule has 7 rings (SSSR count). The van der Waals surface area contributed by atoms with Crippen LogP contribution in [-0.2, 0) is 16.6 Å². The average molecular weight is 819 g/mol. The summed E-state index contributed by atoms with van der Waals surface area (Å²) in [5, 5.41) is 25.8. The summed E-state index contributed by atoms with van der Waals surface area (Å²) in [5.41, 5.74) is 4.77. The molecule has 0 radical (unpaired) electrons. The maximum atomic E-state index is 13.7. The summed E-state index contributed by atoms with van der Waals surface area (Å²) < 4.78 is 29.9. The Balaban J connectivity index is 1.03. The van der Waals surface area contributed by atoms with Gasteiger partial charge in [-0.05, 0) is 77.7 Å². The molecule has 2 N–H and O–H groups in total. The first-order valence-electron chi connectivity index (χ1n) is 18.4. The number of benzene rings is 5. The second kappa shape index (κ2) is 18.0. The van der Waals surface area contributed by atoms with Crippen LogP contribution < -0.4 is 14.9 Å². The number of rotatable bonds is 15. The van der Waals surface area contributed by atoms with Gasteiger partial charge in [-0.1, -0.05) is 66.2 Å². The van der Waals surface area contributed by atoms with Gasteiger partial charge in [0.25, 0.3) is 15.7 Å². The molecule has 290 valence electrons. The Morgan fingerprint density at radius 2 is 1.67 bits per heavy atom. The standard InChI is InChI=1S/C42H39ClN8O4S2/c43-32-13-16-37(30-8-3-1-4-9-30)31(24-32)27-49-20-22-50(23-21-49)34-14-17-38-40(25-34)45-29-46-42(38)48-57(54,55)36-15-18-39(41(26-36)51(52)53)47-33(10-7-19-44)28-56-35-11-5-2-6-12-35/h1-6,8-9,11-18,24-26,29,33,47H,7,10,20-23,27-28H2,(H,45,46,48)/t33-/m1/s1. The van der Waals surface area contributed by atoms with E-state index < -0.39 is 20.6 Å². The van der Waals surface area contributed by atoms with E-state index in [0.29, 0.717) is 28.1 Å². The lowest BCUT2D eigenvalue weighted by molar-refractivity contribution is -0.384. The molecule has 12 nitrogen and oxygen atoms in total. The van der Waals surface area contributed by atoms with Gasteiger partial charge >= 0.3 is 0 Å². The van der Waals surface area contributed by atoms with E-state index in [1.165, 1.54) is 29.6 Å². The van der Waals surface area contributed by atoms with Crippen LogP contribution in [0.25, 0.3) is 22.0 Å². The van der Waals surface area contributed by atoms with Gasteiger partial charge in [-0.3, -0.25) is 19.7 Å². The molecule has 0 aliphatic carbocycles. The maximum absolute atomic E-state index is 13.7. The molecule has 1 saturated heterocycles. The molecule has 1 aliphatic rings. The van der Waals surface area contributed by atoms with Crippen LogP contribution in [0.15, 0.2) is 131 Å². The van der Waals surface area contributed by atoms with Crippen molar-refractivity contribution in [3.05, 3.63) is 142 Å². The monoisotopic (exact) mass is 818 g/mol. The molecule has 6 aromatic rings. The molecule has 1 aliphatic heterocycles.